The summed E-state index contributed by atoms with van der Waals surface area (Å²) in [4.78, 5) is 21.0. The van der Waals surface area contributed by atoms with E-state index < -0.39 is 16.6 Å². The molecule has 0 spiro atoms. The summed E-state index contributed by atoms with van der Waals surface area (Å²) >= 11 is 0. The van der Waals surface area contributed by atoms with Gasteiger partial charge in [-0.1, -0.05) is 0 Å². The number of carbonyl (C=O) groups is 1. The molecule has 0 saturated carbocycles. The van der Waals surface area contributed by atoms with E-state index in [4.69, 9.17) is 5.11 Å². The molecule has 8 nitrogen and oxygen atoms in total. The number of benzene rings is 1. The molecule has 0 fully saturated rings. The Labute approximate surface area is 113 Å². The lowest BCUT2D eigenvalue weighted by molar-refractivity contribution is -0.385. The largest absolute Gasteiger partial charge is 0.477 e. The second-order valence-corrected chi connectivity index (χ2v) is 3.99. The van der Waals surface area contributed by atoms with Crippen molar-refractivity contribution >= 4 is 17.3 Å². The molecule has 104 valence electrons. The predicted octanol–water partition coefficient (Wildman–Crippen LogP) is 1.60. The van der Waals surface area contributed by atoms with E-state index in [9.17, 15) is 14.9 Å². The first kappa shape index (κ1) is 13.5. The Bertz CT molecular complexity index is 624. The molecule has 20 heavy (non-hydrogen) atoms. The van der Waals surface area contributed by atoms with E-state index in [1.807, 2.05) is 0 Å². The number of anilines is 1. The van der Waals surface area contributed by atoms with Crippen molar-refractivity contribution in [2.75, 3.05) is 11.9 Å². The van der Waals surface area contributed by atoms with Crippen LogP contribution in [0, 0.1) is 10.1 Å². The Morgan fingerprint density at radius 3 is 2.90 bits per heavy atom. The third-order valence-corrected chi connectivity index (χ3v) is 2.65. The minimum atomic E-state index is -1.32. The van der Waals surface area contributed by atoms with E-state index in [2.05, 4.69) is 10.4 Å². The monoisotopic (exact) mass is 276 g/mol. The molecule has 0 aliphatic carbocycles. The van der Waals surface area contributed by atoms with Crippen molar-refractivity contribution in [3.8, 4) is 0 Å². The normalized spacial score (nSPS) is 10.2. The number of nitrogens with zero attached hydrogens (tertiary/aromatic N) is 3. The van der Waals surface area contributed by atoms with E-state index in [0.717, 1.165) is 0 Å². The van der Waals surface area contributed by atoms with Crippen LogP contribution in [-0.4, -0.2) is 32.3 Å². The fourth-order valence-electron chi connectivity index (χ4n) is 1.72. The van der Waals surface area contributed by atoms with Crippen LogP contribution in [0.25, 0.3) is 0 Å². The van der Waals surface area contributed by atoms with E-state index in [1.54, 1.807) is 23.1 Å². The predicted molar refractivity (Wildman–Crippen MR) is 70.8 cm³/mol. The van der Waals surface area contributed by atoms with Gasteiger partial charge in [-0.05, 0) is 18.2 Å². The summed E-state index contributed by atoms with van der Waals surface area (Å²) in [5, 5.41) is 26.7. The number of rotatable bonds is 6. The molecule has 2 rings (SSSR count). The molecule has 1 heterocycles. The zero-order chi connectivity index (χ0) is 14.5. The van der Waals surface area contributed by atoms with Gasteiger partial charge in [0.25, 0.3) is 5.69 Å². The van der Waals surface area contributed by atoms with Crippen LogP contribution in [-0.2, 0) is 6.54 Å². The highest BCUT2D eigenvalue weighted by Crippen LogP contribution is 2.23. The first-order valence-electron chi connectivity index (χ1n) is 5.81. The minimum absolute atomic E-state index is 0.326. The van der Waals surface area contributed by atoms with Crippen molar-refractivity contribution in [3.05, 3.63) is 52.3 Å². The van der Waals surface area contributed by atoms with Crippen LogP contribution in [0.2, 0.25) is 0 Å². The Hall–Kier alpha value is -2.90. The highest BCUT2D eigenvalue weighted by molar-refractivity contribution is 5.93. The molecule has 0 radical (unpaired) electrons. The molecular formula is C12H12N4O4. The third kappa shape index (κ3) is 3.10. The third-order valence-electron chi connectivity index (χ3n) is 2.65. The number of hydrogen-bond donors (Lipinski definition) is 2. The average molecular weight is 276 g/mol. The lowest BCUT2D eigenvalue weighted by Crippen LogP contribution is -2.11. The fourth-order valence-corrected chi connectivity index (χ4v) is 1.72. The van der Waals surface area contributed by atoms with E-state index >= 15 is 0 Å². The van der Waals surface area contributed by atoms with Gasteiger partial charge in [0.1, 0.15) is 5.56 Å². The Morgan fingerprint density at radius 1 is 1.50 bits per heavy atom. The number of nitrogens with one attached hydrogen (secondary N) is 1. The maximum absolute atomic E-state index is 10.9. The molecular weight excluding hydrogens is 264 g/mol. The molecule has 0 unspecified atom stereocenters. The standard InChI is InChI=1S/C12H12N4O4/c17-12(18)10-3-2-9(8-11(10)16(19)20)13-5-7-15-6-1-4-14-15/h1-4,6,8,13H,5,7H2,(H,17,18). The van der Waals surface area contributed by atoms with Crippen LogP contribution < -0.4 is 5.32 Å². The van der Waals surface area contributed by atoms with Crippen molar-refractivity contribution in [1.29, 1.82) is 0 Å². The van der Waals surface area contributed by atoms with Crippen LogP contribution in [0.4, 0.5) is 11.4 Å². The summed E-state index contributed by atoms with van der Waals surface area (Å²) < 4.78 is 1.72. The fraction of sp³-hybridized carbons (Fsp3) is 0.167. The van der Waals surface area contributed by atoms with E-state index in [0.29, 0.717) is 18.8 Å². The smallest absolute Gasteiger partial charge is 0.342 e. The molecule has 0 aliphatic rings. The number of aromatic nitrogens is 2. The van der Waals surface area contributed by atoms with Gasteiger partial charge in [-0.2, -0.15) is 5.10 Å². The zero-order valence-corrected chi connectivity index (χ0v) is 10.4. The molecule has 0 amide bonds. The van der Waals surface area contributed by atoms with Crippen molar-refractivity contribution in [2.24, 2.45) is 0 Å². The molecule has 2 aromatic rings. The highest BCUT2D eigenvalue weighted by Gasteiger charge is 2.19. The van der Waals surface area contributed by atoms with Gasteiger partial charge in [-0.25, -0.2) is 4.79 Å². The van der Waals surface area contributed by atoms with Crippen LogP contribution >= 0.6 is 0 Å². The number of nitro groups is 1. The molecule has 2 N–H and O–H groups in total. The van der Waals surface area contributed by atoms with Gasteiger partial charge in [0.05, 0.1) is 11.5 Å². The Balaban J connectivity index is 2.07. The number of aromatic carboxylic acids is 1. The van der Waals surface area contributed by atoms with Gasteiger partial charge in [0, 0.05) is 30.7 Å². The lowest BCUT2D eigenvalue weighted by Gasteiger charge is -2.07. The number of hydrogen-bond acceptors (Lipinski definition) is 5. The average Bonchev–Trinajstić information content (AvgIpc) is 2.91. The first-order valence-corrected chi connectivity index (χ1v) is 5.81. The van der Waals surface area contributed by atoms with Crippen LogP contribution in [0.3, 0.4) is 0 Å². The molecule has 0 aliphatic heterocycles. The van der Waals surface area contributed by atoms with Crippen molar-refractivity contribution in [2.45, 2.75) is 6.54 Å². The van der Waals surface area contributed by atoms with Gasteiger partial charge in [-0.15, -0.1) is 0 Å². The summed E-state index contributed by atoms with van der Waals surface area (Å²) in [7, 11) is 0. The minimum Gasteiger partial charge on any atom is -0.477 e. The molecule has 0 saturated heterocycles. The zero-order valence-electron chi connectivity index (χ0n) is 10.4. The lowest BCUT2D eigenvalue weighted by atomic mass is 10.1. The number of carboxylic acid groups (broad SMARTS) is 1. The van der Waals surface area contributed by atoms with Gasteiger partial charge in [-0.3, -0.25) is 14.8 Å². The van der Waals surface area contributed by atoms with Gasteiger partial charge >= 0.3 is 5.97 Å². The quantitative estimate of drug-likeness (QED) is 0.612. The first-order chi connectivity index (χ1) is 9.58. The van der Waals surface area contributed by atoms with Crippen molar-refractivity contribution in [1.82, 2.24) is 9.78 Å². The summed E-state index contributed by atoms with van der Waals surface area (Å²) in [6, 6.07) is 5.73. The Kier molecular flexibility index (Phi) is 3.94. The van der Waals surface area contributed by atoms with Gasteiger partial charge < -0.3 is 10.4 Å². The SMILES string of the molecule is O=C(O)c1ccc(NCCn2cccn2)cc1[N+](=O)[O-]. The number of nitro benzene ring substituents is 1. The van der Waals surface area contributed by atoms with Crippen LogP contribution in [0.5, 0.6) is 0 Å². The van der Waals surface area contributed by atoms with Crippen molar-refractivity contribution in [3.63, 3.8) is 0 Å². The second kappa shape index (κ2) is 5.83. The molecule has 8 heteroatoms. The van der Waals surface area contributed by atoms with Crippen LogP contribution in [0.15, 0.2) is 36.7 Å². The molecule has 0 bridgehead atoms. The van der Waals surface area contributed by atoms with Crippen LogP contribution in [0.1, 0.15) is 10.4 Å². The topological polar surface area (TPSA) is 110 Å². The molecule has 0 atom stereocenters. The van der Waals surface area contributed by atoms with E-state index in [1.165, 1.54) is 18.2 Å². The Morgan fingerprint density at radius 2 is 2.30 bits per heavy atom. The summed E-state index contributed by atoms with van der Waals surface area (Å²) in [6.45, 7) is 1.12. The van der Waals surface area contributed by atoms with Gasteiger partial charge in [0.15, 0.2) is 0 Å². The second-order valence-electron chi connectivity index (χ2n) is 3.99. The maximum Gasteiger partial charge on any atom is 0.342 e. The van der Waals surface area contributed by atoms with E-state index in [-0.39, 0.29) is 5.56 Å². The summed E-state index contributed by atoms with van der Waals surface area (Å²) in [5.41, 5.74) is -0.261. The highest BCUT2D eigenvalue weighted by atomic mass is 16.6. The number of carboxylic acids is 1. The van der Waals surface area contributed by atoms with Crippen molar-refractivity contribution < 1.29 is 14.8 Å². The maximum atomic E-state index is 10.9. The molecule has 1 aromatic carbocycles. The summed E-state index contributed by atoms with van der Waals surface area (Å²) in [6.07, 6.45) is 3.46. The molecule has 1 aromatic heterocycles. The van der Waals surface area contributed by atoms with Gasteiger partial charge in [0.2, 0.25) is 0 Å². The summed E-state index contributed by atoms with van der Waals surface area (Å²) in [5.74, 6) is -1.32.